The third-order valence-corrected chi connectivity index (χ3v) is 4.04. The zero-order valence-corrected chi connectivity index (χ0v) is 12.4. The number of hydrogen-bond donors (Lipinski definition) is 2. The van der Waals surface area contributed by atoms with E-state index in [-0.39, 0.29) is 0 Å². The number of nitrogens with zero attached hydrogens (tertiary/aromatic N) is 3. The standard InChI is InChI=1S/C15H17N5S/c16-14-13(12-5-2-1-3-6-12)15(21-19-14)18-7-4-9-20-10-8-17-11-20/h1-3,5-6,8,10-11,18H,4,7,9H2,(H2,16,19). The molecule has 5 nitrogen and oxygen atoms in total. The summed E-state index contributed by atoms with van der Waals surface area (Å²) >= 11 is 1.41. The molecule has 2 aromatic heterocycles. The normalized spacial score (nSPS) is 10.7. The van der Waals surface area contributed by atoms with E-state index >= 15 is 0 Å². The maximum absolute atomic E-state index is 6.00. The first-order valence-electron chi connectivity index (χ1n) is 6.85. The minimum absolute atomic E-state index is 0.586. The van der Waals surface area contributed by atoms with Gasteiger partial charge in [-0.3, -0.25) is 0 Å². The maximum atomic E-state index is 6.00. The first-order chi connectivity index (χ1) is 10.3. The van der Waals surface area contributed by atoms with Crippen LogP contribution in [-0.2, 0) is 6.54 Å². The van der Waals surface area contributed by atoms with Crippen LogP contribution in [-0.4, -0.2) is 20.5 Å². The number of benzene rings is 1. The third kappa shape index (κ3) is 3.22. The van der Waals surface area contributed by atoms with Crippen molar-refractivity contribution >= 4 is 22.4 Å². The molecule has 6 heteroatoms. The van der Waals surface area contributed by atoms with Crippen LogP contribution in [0.25, 0.3) is 11.1 Å². The van der Waals surface area contributed by atoms with E-state index in [0.717, 1.165) is 35.6 Å². The van der Waals surface area contributed by atoms with Gasteiger partial charge in [0.25, 0.3) is 0 Å². The fraction of sp³-hybridized carbons (Fsp3) is 0.200. The Labute approximate surface area is 127 Å². The molecule has 21 heavy (non-hydrogen) atoms. The average molecular weight is 299 g/mol. The lowest BCUT2D eigenvalue weighted by molar-refractivity contribution is 0.661. The summed E-state index contributed by atoms with van der Waals surface area (Å²) in [5.74, 6) is 0.586. The lowest BCUT2D eigenvalue weighted by atomic mass is 10.1. The Morgan fingerprint density at radius 3 is 2.86 bits per heavy atom. The van der Waals surface area contributed by atoms with Crippen LogP contribution in [0.3, 0.4) is 0 Å². The highest BCUT2D eigenvalue weighted by Gasteiger charge is 2.12. The van der Waals surface area contributed by atoms with Crippen LogP contribution in [0.2, 0.25) is 0 Å². The van der Waals surface area contributed by atoms with Crippen LogP contribution in [0.5, 0.6) is 0 Å². The number of aromatic nitrogens is 3. The van der Waals surface area contributed by atoms with Gasteiger partial charge in [-0.05, 0) is 23.5 Å². The molecule has 0 aliphatic carbocycles. The molecule has 3 N–H and O–H groups in total. The van der Waals surface area contributed by atoms with Crippen molar-refractivity contribution in [1.82, 2.24) is 13.9 Å². The predicted octanol–water partition coefficient (Wildman–Crippen LogP) is 3.09. The van der Waals surface area contributed by atoms with E-state index in [1.165, 1.54) is 11.5 Å². The van der Waals surface area contributed by atoms with Gasteiger partial charge in [-0.1, -0.05) is 30.3 Å². The Kier molecular flexibility index (Phi) is 4.16. The van der Waals surface area contributed by atoms with Crippen molar-refractivity contribution < 1.29 is 0 Å². The number of nitrogens with two attached hydrogens (primary N) is 1. The van der Waals surface area contributed by atoms with Crippen molar-refractivity contribution in [3.63, 3.8) is 0 Å². The number of hydrogen-bond acceptors (Lipinski definition) is 5. The van der Waals surface area contributed by atoms with Gasteiger partial charge in [0, 0.05) is 25.5 Å². The quantitative estimate of drug-likeness (QED) is 0.686. The number of anilines is 2. The summed E-state index contributed by atoms with van der Waals surface area (Å²) in [5, 5.41) is 4.47. The van der Waals surface area contributed by atoms with Gasteiger partial charge in [0.1, 0.15) is 10.8 Å². The summed E-state index contributed by atoms with van der Waals surface area (Å²) in [5.41, 5.74) is 8.10. The molecule has 1 aromatic carbocycles. The van der Waals surface area contributed by atoms with Gasteiger partial charge < -0.3 is 15.6 Å². The molecule has 0 saturated carbocycles. The number of aryl methyl sites for hydroxylation is 1. The van der Waals surface area contributed by atoms with Crippen LogP contribution >= 0.6 is 11.5 Å². The lowest BCUT2D eigenvalue weighted by Gasteiger charge is -2.07. The lowest BCUT2D eigenvalue weighted by Crippen LogP contribution is -2.05. The predicted molar refractivity (Wildman–Crippen MR) is 87.3 cm³/mol. The zero-order valence-electron chi connectivity index (χ0n) is 11.6. The van der Waals surface area contributed by atoms with E-state index < -0.39 is 0 Å². The number of rotatable bonds is 6. The molecule has 0 fully saturated rings. The van der Waals surface area contributed by atoms with Crippen molar-refractivity contribution in [2.45, 2.75) is 13.0 Å². The monoisotopic (exact) mass is 299 g/mol. The van der Waals surface area contributed by atoms with Crippen LogP contribution in [0.1, 0.15) is 6.42 Å². The SMILES string of the molecule is Nc1nsc(NCCCn2ccnc2)c1-c1ccccc1. The highest BCUT2D eigenvalue weighted by molar-refractivity contribution is 7.11. The largest absolute Gasteiger partial charge is 0.382 e. The third-order valence-electron chi connectivity index (χ3n) is 3.22. The Balaban J connectivity index is 1.64. The molecule has 0 radical (unpaired) electrons. The van der Waals surface area contributed by atoms with Crippen LogP contribution in [0.15, 0.2) is 49.1 Å². The number of nitrogen functional groups attached to an aromatic ring is 1. The van der Waals surface area contributed by atoms with E-state index in [4.69, 9.17) is 5.73 Å². The van der Waals surface area contributed by atoms with Crippen LogP contribution in [0.4, 0.5) is 10.8 Å². The summed E-state index contributed by atoms with van der Waals surface area (Å²) < 4.78 is 6.33. The molecule has 3 aromatic rings. The smallest absolute Gasteiger partial charge is 0.147 e. The van der Waals surface area contributed by atoms with Gasteiger partial charge in [0.05, 0.1) is 11.9 Å². The van der Waals surface area contributed by atoms with Gasteiger partial charge in [-0.25, -0.2) is 4.98 Å². The Morgan fingerprint density at radius 2 is 2.10 bits per heavy atom. The molecule has 0 saturated heterocycles. The van der Waals surface area contributed by atoms with Crippen molar-refractivity contribution in [3.05, 3.63) is 49.1 Å². The average Bonchev–Trinajstić information content (AvgIpc) is 3.14. The Morgan fingerprint density at radius 1 is 1.24 bits per heavy atom. The van der Waals surface area contributed by atoms with Crippen LogP contribution in [0, 0.1) is 0 Å². The summed E-state index contributed by atoms with van der Waals surface area (Å²) in [7, 11) is 0. The molecule has 0 aliphatic heterocycles. The second-order valence-corrected chi connectivity index (χ2v) is 5.49. The van der Waals surface area contributed by atoms with Gasteiger partial charge in [-0.2, -0.15) is 4.37 Å². The van der Waals surface area contributed by atoms with Crippen molar-refractivity contribution in [3.8, 4) is 11.1 Å². The highest BCUT2D eigenvalue weighted by Crippen LogP contribution is 2.36. The van der Waals surface area contributed by atoms with Gasteiger partial charge >= 0.3 is 0 Å². The molecule has 2 heterocycles. The first kappa shape index (κ1) is 13.6. The van der Waals surface area contributed by atoms with E-state index in [1.54, 1.807) is 6.20 Å². The molecule has 0 atom stereocenters. The molecule has 0 spiro atoms. The second kappa shape index (κ2) is 6.41. The van der Waals surface area contributed by atoms with Crippen molar-refractivity contribution in [1.29, 1.82) is 0 Å². The van der Waals surface area contributed by atoms with E-state index in [9.17, 15) is 0 Å². The van der Waals surface area contributed by atoms with Crippen molar-refractivity contribution in [2.75, 3.05) is 17.6 Å². The fourth-order valence-corrected chi connectivity index (χ4v) is 2.95. The highest BCUT2D eigenvalue weighted by atomic mass is 32.1. The topological polar surface area (TPSA) is 68.8 Å². The molecule has 0 amide bonds. The zero-order chi connectivity index (χ0) is 14.5. The van der Waals surface area contributed by atoms with E-state index in [2.05, 4.69) is 31.4 Å². The molecule has 0 aliphatic rings. The summed E-state index contributed by atoms with van der Waals surface area (Å²) in [4.78, 5) is 4.03. The second-order valence-electron chi connectivity index (χ2n) is 4.72. The Hall–Kier alpha value is -2.34. The molecule has 3 rings (SSSR count). The molecular weight excluding hydrogens is 282 g/mol. The molecule has 0 bridgehead atoms. The van der Waals surface area contributed by atoms with E-state index in [1.807, 2.05) is 30.7 Å². The first-order valence-corrected chi connectivity index (χ1v) is 7.62. The van der Waals surface area contributed by atoms with E-state index in [0.29, 0.717) is 5.82 Å². The number of imidazole rings is 1. The summed E-state index contributed by atoms with van der Waals surface area (Å²) in [6.45, 7) is 1.82. The van der Waals surface area contributed by atoms with Gasteiger partial charge in [-0.15, -0.1) is 0 Å². The van der Waals surface area contributed by atoms with Crippen molar-refractivity contribution in [2.24, 2.45) is 0 Å². The molecular formula is C15H17N5S. The molecule has 0 unspecified atom stereocenters. The summed E-state index contributed by atoms with van der Waals surface area (Å²) in [6.07, 6.45) is 6.62. The van der Waals surface area contributed by atoms with Gasteiger partial charge in [0.2, 0.25) is 0 Å². The maximum Gasteiger partial charge on any atom is 0.147 e. The Bertz CT molecular complexity index is 675. The number of nitrogens with one attached hydrogen (secondary N) is 1. The fourth-order valence-electron chi connectivity index (χ4n) is 2.19. The minimum Gasteiger partial charge on any atom is -0.382 e. The minimum atomic E-state index is 0.586. The molecule has 108 valence electrons. The van der Waals surface area contributed by atoms with Gasteiger partial charge in [0.15, 0.2) is 0 Å². The summed E-state index contributed by atoms with van der Waals surface area (Å²) in [6, 6.07) is 10.1. The van der Waals surface area contributed by atoms with Crippen LogP contribution < -0.4 is 11.1 Å².